The van der Waals surface area contributed by atoms with Crippen LogP contribution in [0.5, 0.6) is 5.75 Å². The van der Waals surface area contributed by atoms with E-state index in [1.165, 1.54) is 29.6 Å². The maximum absolute atomic E-state index is 13.0. The number of nitrogens with zero attached hydrogens (tertiary/aromatic N) is 1. The van der Waals surface area contributed by atoms with Gasteiger partial charge in [0.1, 0.15) is 5.75 Å². The monoisotopic (exact) mass is 479 g/mol. The summed E-state index contributed by atoms with van der Waals surface area (Å²) in [4.78, 5) is 25.9. The Morgan fingerprint density at radius 1 is 0.853 bits per heavy atom. The molecule has 8 nitrogen and oxygen atoms in total. The van der Waals surface area contributed by atoms with Gasteiger partial charge in [-0.3, -0.25) is 9.59 Å². The molecule has 0 spiro atoms. The SMILES string of the molecule is COc1cccc(NC(=O)c2ccccc2NC(=O)c2cccc(S(=O)(=O)N3CCCC3)c2)c1. The van der Waals surface area contributed by atoms with Crippen molar-refractivity contribution in [2.24, 2.45) is 0 Å². The highest BCUT2D eigenvalue weighted by Gasteiger charge is 2.27. The van der Waals surface area contributed by atoms with E-state index in [-0.39, 0.29) is 16.0 Å². The minimum absolute atomic E-state index is 0.0751. The van der Waals surface area contributed by atoms with E-state index in [9.17, 15) is 18.0 Å². The fourth-order valence-corrected chi connectivity index (χ4v) is 5.32. The van der Waals surface area contributed by atoms with Gasteiger partial charge in [0.05, 0.1) is 23.3 Å². The number of amides is 2. The Labute approximate surface area is 198 Å². The van der Waals surface area contributed by atoms with Crippen molar-refractivity contribution < 1.29 is 22.7 Å². The Balaban J connectivity index is 1.54. The van der Waals surface area contributed by atoms with Gasteiger partial charge in [-0.25, -0.2) is 8.42 Å². The predicted molar refractivity (Wildman–Crippen MR) is 130 cm³/mol. The fourth-order valence-electron chi connectivity index (χ4n) is 3.76. The van der Waals surface area contributed by atoms with E-state index in [1.807, 2.05) is 0 Å². The normalized spacial score (nSPS) is 13.9. The molecule has 0 bridgehead atoms. The van der Waals surface area contributed by atoms with Gasteiger partial charge in [0.2, 0.25) is 10.0 Å². The van der Waals surface area contributed by atoms with Crippen molar-refractivity contribution in [3.8, 4) is 5.75 Å². The molecule has 3 aromatic carbocycles. The van der Waals surface area contributed by atoms with Gasteiger partial charge in [0.25, 0.3) is 11.8 Å². The molecule has 0 unspecified atom stereocenters. The van der Waals surface area contributed by atoms with Crippen LogP contribution in [-0.4, -0.2) is 44.7 Å². The largest absolute Gasteiger partial charge is 0.497 e. The number of ether oxygens (including phenoxy) is 1. The predicted octanol–water partition coefficient (Wildman–Crippen LogP) is 3.98. The maximum Gasteiger partial charge on any atom is 0.257 e. The summed E-state index contributed by atoms with van der Waals surface area (Å²) in [7, 11) is -2.11. The second-order valence-corrected chi connectivity index (χ2v) is 9.76. The molecule has 3 aromatic rings. The van der Waals surface area contributed by atoms with Gasteiger partial charge >= 0.3 is 0 Å². The Bertz CT molecular complexity index is 1320. The Morgan fingerprint density at radius 3 is 2.35 bits per heavy atom. The number of hydrogen-bond donors (Lipinski definition) is 2. The minimum Gasteiger partial charge on any atom is -0.497 e. The van der Waals surface area contributed by atoms with Gasteiger partial charge in [0, 0.05) is 30.4 Å². The standard InChI is InChI=1S/C25H25N3O5S/c1-33-20-10-7-9-19(17-20)26-25(30)22-12-2-3-13-23(22)27-24(29)18-8-6-11-21(16-18)34(31,32)28-14-4-5-15-28/h2-3,6-13,16-17H,4-5,14-15H2,1H3,(H,26,30)(H,27,29). The van der Waals surface area contributed by atoms with E-state index in [0.29, 0.717) is 30.2 Å². The zero-order valence-corrected chi connectivity index (χ0v) is 19.5. The van der Waals surface area contributed by atoms with Gasteiger partial charge in [-0.15, -0.1) is 0 Å². The van der Waals surface area contributed by atoms with Crippen LogP contribution in [-0.2, 0) is 10.0 Å². The number of carbonyl (C=O) groups excluding carboxylic acids is 2. The molecular formula is C25H25N3O5S. The van der Waals surface area contributed by atoms with Crippen LogP contribution in [0.4, 0.5) is 11.4 Å². The number of nitrogens with one attached hydrogen (secondary N) is 2. The molecule has 0 saturated carbocycles. The molecule has 0 aromatic heterocycles. The molecule has 4 rings (SSSR count). The van der Waals surface area contributed by atoms with E-state index >= 15 is 0 Å². The number of rotatable bonds is 7. The third-order valence-corrected chi connectivity index (χ3v) is 7.44. The molecule has 0 atom stereocenters. The second kappa shape index (κ2) is 10.1. The lowest BCUT2D eigenvalue weighted by molar-refractivity contribution is 0.102. The number of para-hydroxylation sites is 1. The Morgan fingerprint density at radius 2 is 1.59 bits per heavy atom. The molecule has 1 heterocycles. The van der Waals surface area contributed by atoms with Gasteiger partial charge < -0.3 is 15.4 Å². The minimum atomic E-state index is -3.65. The van der Waals surface area contributed by atoms with Gasteiger partial charge in [0.15, 0.2) is 0 Å². The van der Waals surface area contributed by atoms with Crippen molar-refractivity contribution in [3.05, 3.63) is 83.9 Å². The van der Waals surface area contributed by atoms with Crippen molar-refractivity contribution >= 4 is 33.2 Å². The van der Waals surface area contributed by atoms with E-state index in [4.69, 9.17) is 4.74 Å². The van der Waals surface area contributed by atoms with E-state index < -0.39 is 21.8 Å². The number of sulfonamides is 1. The summed E-state index contributed by atoms with van der Waals surface area (Å²) in [5.41, 5.74) is 1.30. The maximum atomic E-state index is 13.0. The van der Waals surface area contributed by atoms with Crippen molar-refractivity contribution in [2.45, 2.75) is 17.7 Å². The summed E-state index contributed by atoms with van der Waals surface area (Å²) in [5, 5.41) is 5.52. The average Bonchev–Trinajstić information content (AvgIpc) is 3.40. The molecule has 2 N–H and O–H groups in total. The third kappa shape index (κ3) is 5.11. The van der Waals surface area contributed by atoms with Gasteiger partial charge in [-0.1, -0.05) is 24.3 Å². The van der Waals surface area contributed by atoms with Crippen molar-refractivity contribution in [1.82, 2.24) is 4.31 Å². The van der Waals surface area contributed by atoms with Crippen LogP contribution in [0.15, 0.2) is 77.7 Å². The number of benzene rings is 3. The molecule has 0 radical (unpaired) electrons. The molecule has 0 aliphatic carbocycles. The first-order valence-corrected chi connectivity index (χ1v) is 12.3. The number of hydrogen-bond acceptors (Lipinski definition) is 5. The summed E-state index contributed by atoms with van der Waals surface area (Å²) >= 11 is 0. The molecular weight excluding hydrogens is 454 g/mol. The topological polar surface area (TPSA) is 105 Å². The zero-order chi connectivity index (χ0) is 24.1. The van der Waals surface area contributed by atoms with Crippen LogP contribution in [0.1, 0.15) is 33.6 Å². The molecule has 176 valence electrons. The first-order valence-electron chi connectivity index (χ1n) is 10.8. The van der Waals surface area contributed by atoms with E-state index in [1.54, 1.807) is 54.6 Å². The van der Waals surface area contributed by atoms with Crippen molar-refractivity contribution in [1.29, 1.82) is 0 Å². The lowest BCUT2D eigenvalue weighted by Crippen LogP contribution is -2.28. The second-order valence-electron chi connectivity index (χ2n) is 7.82. The third-order valence-electron chi connectivity index (χ3n) is 5.55. The lowest BCUT2D eigenvalue weighted by Gasteiger charge is -2.16. The summed E-state index contributed by atoms with van der Waals surface area (Å²) in [6.07, 6.45) is 1.65. The number of carbonyl (C=O) groups is 2. The van der Waals surface area contributed by atoms with Crippen LogP contribution in [0.3, 0.4) is 0 Å². The lowest BCUT2D eigenvalue weighted by atomic mass is 10.1. The number of anilines is 2. The molecule has 2 amide bonds. The molecule has 34 heavy (non-hydrogen) atoms. The summed E-state index contributed by atoms with van der Waals surface area (Å²) in [6.45, 7) is 0.961. The number of methoxy groups -OCH3 is 1. The molecule has 9 heteroatoms. The van der Waals surface area contributed by atoms with Gasteiger partial charge in [-0.05, 0) is 55.3 Å². The zero-order valence-electron chi connectivity index (χ0n) is 18.7. The highest BCUT2D eigenvalue weighted by atomic mass is 32.2. The smallest absolute Gasteiger partial charge is 0.257 e. The van der Waals surface area contributed by atoms with E-state index in [0.717, 1.165) is 12.8 Å². The van der Waals surface area contributed by atoms with E-state index in [2.05, 4.69) is 10.6 Å². The first-order chi connectivity index (χ1) is 16.4. The molecule has 1 saturated heterocycles. The highest BCUT2D eigenvalue weighted by Crippen LogP contribution is 2.24. The first kappa shape index (κ1) is 23.5. The molecule has 1 aliphatic rings. The molecule has 1 aliphatic heterocycles. The summed E-state index contributed by atoms with van der Waals surface area (Å²) in [6, 6.07) is 19.5. The highest BCUT2D eigenvalue weighted by molar-refractivity contribution is 7.89. The Kier molecular flexibility index (Phi) is 6.95. The molecule has 1 fully saturated rings. The van der Waals surface area contributed by atoms with Crippen LogP contribution >= 0.6 is 0 Å². The van der Waals surface area contributed by atoms with Crippen LogP contribution in [0, 0.1) is 0 Å². The summed E-state index contributed by atoms with van der Waals surface area (Å²) < 4.78 is 32.3. The average molecular weight is 480 g/mol. The Hall–Kier alpha value is -3.69. The van der Waals surface area contributed by atoms with Crippen molar-refractivity contribution in [2.75, 3.05) is 30.8 Å². The van der Waals surface area contributed by atoms with Gasteiger partial charge in [-0.2, -0.15) is 4.31 Å². The fraction of sp³-hybridized carbons (Fsp3) is 0.200. The van der Waals surface area contributed by atoms with Crippen LogP contribution in [0.25, 0.3) is 0 Å². The summed E-state index contributed by atoms with van der Waals surface area (Å²) in [5.74, 6) is -0.322. The quantitative estimate of drug-likeness (QED) is 0.533. The van der Waals surface area contributed by atoms with Crippen LogP contribution in [0.2, 0.25) is 0 Å². The van der Waals surface area contributed by atoms with Crippen LogP contribution < -0.4 is 15.4 Å². The van der Waals surface area contributed by atoms with Crippen molar-refractivity contribution in [3.63, 3.8) is 0 Å².